The van der Waals surface area contributed by atoms with Crippen molar-refractivity contribution in [1.82, 2.24) is 5.32 Å². The van der Waals surface area contributed by atoms with Gasteiger partial charge in [-0.05, 0) is 31.0 Å². The molecule has 1 amide bonds. The third kappa shape index (κ3) is 4.24. The minimum Gasteiger partial charge on any atom is -0.399 e. The van der Waals surface area contributed by atoms with E-state index >= 15 is 0 Å². The van der Waals surface area contributed by atoms with Gasteiger partial charge in [0.25, 0.3) is 5.91 Å². The van der Waals surface area contributed by atoms with Gasteiger partial charge >= 0.3 is 0 Å². The third-order valence-electron chi connectivity index (χ3n) is 2.47. The van der Waals surface area contributed by atoms with Crippen LogP contribution in [0.4, 0.5) is 5.69 Å². The van der Waals surface area contributed by atoms with Gasteiger partial charge in [0.15, 0.2) is 0 Å². The molecular weight excluding hydrogens is 240 g/mol. The molecule has 0 saturated carbocycles. The van der Waals surface area contributed by atoms with Gasteiger partial charge in [-0.1, -0.05) is 18.5 Å². The van der Waals surface area contributed by atoms with Crippen molar-refractivity contribution in [2.45, 2.75) is 25.9 Å². The van der Waals surface area contributed by atoms with Gasteiger partial charge in [0, 0.05) is 12.2 Å². The van der Waals surface area contributed by atoms with E-state index < -0.39 is 0 Å². The standard InChI is InChI=1S/C12H17ClN2O2/c1-2-9(16)5-6-15-12(17)10-7-8(14)3-4-11(10)13/h3-4,7,9,16H,2,5-6,14H2,1H3,(H,15,17). The SMILES string of the molecule is CCC(O)CCNC(=O)c1cc(N)ccc1Cl. The number of carbonyl (C=O) groups excluding carboxylic acids is 1. The maximum absolute atomic E-state index is 11.8. The second-order valence-corrected chi connectivity index (χ2v) is 4.25. The largest absolute Gasteiger partial charge is 0.399 e. The summed E-state index contributed by atoms with van der Waals surface area (Å²) in [6.45, 7) is 2.31. The Balaban J connectivity index is 2.55. The summed E-state index contributed by atoms with van der Waals surface area (Å²) in [5.41, 5.74) is 6.44. The highest BCUT2D eigenvalue weighted by Gasteiger charge is 2.10. The Morgan fingerprint density at radius 1 is 1.59 bits per heavy atom. The number of aliphatic hydroxyl groups excluding tert-OH is 1. The quantitative estimate of drug-likeness (QED) is 0.704. The van der Waals surface area contributed by atoms with E-state index in [0.717, 1.165) is 0 Å². The summed E-state index contributed by atoms with van der Waals surface area (Å²) in [6.07, 6.45) is 0.823. The van der Waals surface area contributed by atoms with Gasteiger partial charge in [-0.2, -0.15) is 0 Å². The zero-order valence-corrected chi connectivity index (χ0v) is 10.5. The second kappa shape index (κ2) is 6.47. The molecule has 0 spiro atoms. The molecule has 1 aromatic carbocycles. The lowest BCUT2D eigenvalue weighted by atomic mass is 10.1. The van der Waals surface area contributed by atoms with Crippen LogP contribution in [0.25, 0.3) is 0 Å². The number of rotatable bonds is 5. The first-order chi connectivity index (χ1) is 8.04. The first kappa shape index (κ1) is 13.8. The Morgan fingerprint density at radius 2 is 2.29 bits per heavy atom. The molecule has 1 atom stereocenters. The third-order valence-corrected chi connectivity index (χ3v) is 2.80. The van der Waals surface area contributed by atoms with Crippen LogP contribution in [0.15, 0.2) is 18.2 Å². The number of benzene rings is 1. The van der Waals surface area contributed by atoms with Crippen LogP contribution in [0.1, 0.15) is 30.1 Å². The number of hydrogen-bond acceptors (Lipinski definition) is 3. The van der Waals surface area contributed by atoms with Gasteiger partial charge in [-0.3, -0.25) is 4.79 Å². The Bertz CT molecular complexity index is 396. The van der Waals surface area contributed by atoms with Gasteiger partial charge in [0.1, 0.15) is 0 Å². The average Bonchev–Trinajstić information content (AvgIpc) is 2.31. The van der Waals surface area contributed by atoms with E-state index in [4.69, 9.17) is 17.3 Å². The first-order valence-electron chi connectivity index (χ1n) is 5.56. The van der Waals surface area contributed by atoms with E-state index in [1.54, 1.807) is 12.1 Å². The smallest absolute Gasteiger partial charge is 0.252 e. The summed E-state index contributed by atoms with van der Waals surface area (Å²) in [5, 5.41) is 12.4. The maximum atomic E-state index is 11.8. The van der Waals surface area contributed by atoms with Gasteiger partial charge in [-0.15, -0.1) is 0 Å². The summed E-state index contributed by atoms with van der Waals surface area (Å²) in [4.78, 5) is 11.8. The number of hydrogen-bond donors (Lipinski definition) is 3. The molecule has 0 bridgehead atoms. The average molecular weight is 257 g/mol. The molecule has 17 heavy (non-hydrogen) atoms. The Morgan fingerprint density at radius 3 is 2.94 bits per heavy atom. The molecule has 5 heteroatoms. The number of amides is 1. The van der Waals surface area contributed by atoms with Crippen molar-refractivity contribution in [3.05, 3.63) is 28.8 Å². The summed E-state index contributed by atoms with van der Waals surface area (Å²) in [7, 11) is 0. The van der Waals surface area contributed by atoms with Crippen molar-refractivity contribution in [3.63, 3.8) is 0 Å². The van der Waals surface area contributed by atoms with Crippen LogP contribution in [-0.2, 0) is 0 Å². The van der Waals surface area contributed by atoms with Crippen LogP contribution in [0.5, 0.6) is 0 Å². The summed E-state index contributed by atoms with van der Waals surface area (Å²) < 4.78 is 0. The molecule has 94 valence electrons. The maximum Gasteiger partial charge on any atom is 0.252 e. The highest BCUT2D eigenvalue weighted by molar-refractivity contribution is 6.34. The van der Waals surface area contributed by atoms with Crippen LogP contribution in [0.3, 0.4) is 0 Å². The molecule has 4 N–H and O–H groups in total. The van der Waals surface area contributed by atoms with Crippen molar-refractivity contribution >= 4 is 23.2 Å². The van der Waals surface area contributed by atoms with Gasteiger partial charge in [0.05, 0.1) is 16.7 Å². The topological polar surface area (TPSA) is 75.3 Å². The molecule has 0 aliphatic rings. The fourth-order valence-corrected chi connectivity index (χ4v) is 1.57. The Hall–Kier alpha value is -1.26. The predicted octanol–water partition coefficient (Wildman–Crippen LogP) is 1.81. The molecule has 0 aliphatic heterocycles. The molecule has 1 aromatic rings. The van der Waals surface area contributed by atoms with Crippen molar-refractivity contribution in [1.29, 1.82) is 0 Å². The van der Waals surface area contributed by atoms with Crippen LogP contribution in [-0.4, -0.2) is 23.7 Å². The van der Waals surface area contributed by atoms with Crippen LogP contribution in [0.2, 0.25) is 5.02 Å². The number of anilines is 1. The number of nitrogen functional groups attached to an aromatic ring is 1. The fraction of sp³-hybridized carbons (Fsp3) is 0.417. The minimum absolute atomic E-state index is 0.273. The van der Waals surface area contributed by atoms with Gasteiger partial charge < -0.3 is 16.2 Å². The van der Waals surface area contributed by atoms with Crippen molar-refractivity contribution in [2.75, 3.05) is 12.3 Å². The Labute approximate surface area is 106 Å². The minimum atomic E-state index is -0.383. The molecule has 0 saturated heterocycles. The second-order valence-electron chi connectivity index (χ2n) is 3.85. The summed E-state index contributed by atoms with van der Waals surface area (Å²) >= 11 is 5.89. The predicted molar refractivity (Wildman–Crippen MR) is 69.1 cm³/mol. The zero-order valence-electron chi connectivity index (χ0n) is 9.74. The number of nitrogens with one attached hydrogen (secondary N) is 1. The van der Waals surface area contributed by atoms with E-state index in [2.05, 4.69) is 5.32 Å². The van der Waals surface area contributed by atoms with E-state index in [-0.39, 0.29) is 12.0 Å². The summed E-state index contributed by atoms with van der Waals surface area (Å²) in [5.74, 6) is -0.273. The number of carbonyl (C=O) groups is 1. The van der Waals surface area contributed by atoms with Crippen LogP contribution in [0, 0.1) is 0 Å². The molecule has 0 aliphatic carbocycles. The number of halogens is 1. The molecule has 4 nitrogen and oxygen atoms in total. The van der Waals surface area contributed by atoms with Crippen LogP contribution < -0.4 is 11.1 Å². The fourth-order valence-electron chi connectivity index (χ4n) is 1.37. The molecule has 0 radical (unpaired) electrons. The zero-order chi connectivity index (χ0) is 12.8. The number of nitrogens with two attached hydrogens (primary N) is 1. The molecule has 1 rings (SSSR count). The van der Waals surface area contributed by atoms with Gasteiger partial charge in [-0.25, -0.2) is 0 Å². The number of aliphatic hydroxyl groups is 1. The van der Waals surface area contributed by atoms with Crippen molar-refractivity contribution in [2.24, 2.45) is 0 Å². The molecule has 1 unspecified atom stereocenters. The Kier molecular flexibility index (Phi) is 5.25. The first-order valence-corrected chi connectivity index (χ1v) is 5.93. The van der Waals surface area contributed by atoms with Crippen molar-refractivity contribution < 1.29 is 9.90 Å². The van der Waals surface area contributed by atoms with E-state index in [1.807, 2.05) is 6.92 Å². The van der Waals surface area contributed by atoms with E-state index in [0.29, 0.717) is 35.7 Å². The lowest BCUT2D eigenvalue weighted by molar-refractivity contribution is 0.0942. The van der Waals surface area contributed by atoms with Gasteiger partial charge in [0.2, 0.25) is 0 Å². The summed E-state index contributed by atoms with van der Waals surface area (Å²) in [6, 6.07) is 4.76. The van der Waals surface area contributed by atoms with Crippen LogP contribution >= 0.6 is 11.6 Å². The van der Waals surface area contributed by atoms with Crippen molar-refractivity contribution in [3.8, 4) is 0 Å². The molecule has 0 heterocycles. The molecule has 0 fully saturated rings. The lowest BCUT2D eigenvalue weighted by Crippen LogP contribution is -2.27. The van der Waals surface area contributed by atoms with E-state index in [1.165, 1.54) is 6.07 Å². The molecule has 0 aromatic heterocycles. The highest BCUT2D eigenvalue weighted by Crippen LogP contribution is 2.18. The normalized spacial score (nSPS) is 12.2. The monoisotopic (exact) mass is 256 g/mol. The molecular formula is C12H17ClN2O2. The van der Waals surface area contributed by atoms with E-state index in [9.17, 15) is 9.90 Å². The lowest BCUT2D eigenvalue weighted by Gasteiger charge is -2.10. The highest BCUT2D eigenvalue weighted by atomic mass is 35.5.